The first-order valence-electron chi connectivity index (χ1n) is 10.0. The molecule has 156 valence electrons. The number of nitriles is 2. The van der Waals surface area contributed by atoms with Crippen LogP contribution >= 0.6 is 0 Å². The van der Waals surface area contributed by atoms with E-state index in [1.165, 1.54) is 12.1 Å². The van der Waals surface area contributed by atoms with Crippen molar-refractivity contribution in [3.63, 3.8) is 0 Å². The fraction of sp³-hybridized carbons (Fsp3) is 0.115. The molecule has 0 unspecified atom stereocenters. The van der Waals surface area contributed by atoms with Gasteiger partial charge in [0.05, 0.1) is 36.4 Å². The van der Waals surface area contributed by atoms with Gasteiger partial charge < -0.3 is 9.84 Å². The van der Waals surface area contributed by atoms with Crippen molar-refractivity contribution < 1.29 is 14.6 Å². The SMILES string of the molecule is N#CCN(CC#N)Cc1c(O)ccc2c1OC(=Cc1ccc(-c3ccccc3)cc1)C2=O. The summed E-state index contributed by atoms with van der Waals surface area (Å²) in [5.74, 6) is 0.0980. The molecule has 0 saturated carbocycles. The van der Waals surface area contributed by atoms with E-state index in [1.807, 2.05) is 66.7 Å². The zero-order chi connectivity index (χ0) is 22.5. The van der Waals surface area contributed by atoms with Crippen molar-refractivity contribution in [2.45, 2.75) is 6.54 Å². The zero-order valence-corrected chi connectivity index (χ0v) is 17.2. The molecule has 1 aliphatic rings. The molecule has 4 rings (SSSR count). The topological polar surface area (TPSA) is 97.3 Å². The lowest BCUT2D eigenvalue weighted by Gasteiger charge is -2.17. The smallest absolute Gasteiger partial charge is 0.231 e. The van der Waals surface area contributed by atoms with Gasteiger partial charge in [0.1, 0.15) is 11.5 Å². The predicted molar refractivity (Wildman–Crippen MR) is 119 cm³/mol. The number of nitrogens with zero attached hydrogens (tertiary/aromatic N) is 3. The normalized spacial score (nSPS) is 13.5. The Morgan fingerprint density at radius 1 is 0.906 bits per heavy atom. The lowest BCUT2D eigenvalue weighted by Crippen LogP contribution is -2.24. The number of phenolic OH excluding ortho intramolecular Hbond substituents is 1. The maximum Gasteiger partial charge on any atom is 0.231 e. The number of carbonyl (C=O) groups is 1. The number of hydrogen-bond acceptors (Lipinski definition) is 6. The molecule has 0 spiro atoms. The molecule has 32 heavy (non-hydrogen) atoms. The Kier molecular flexibility index (Phi) is 5.98. The van der Waals surface area contributed by atoms with E-state index in [0.29, 0.717) is 11.1 Å². The largest absolute Gasteiger partial charge is 0.507 e. The number of benzene rings is 3. The molecule has 6 heteroatoms. The number of hydrogen-bond donors (Lipinski definition) is 1. The summed E-state index contributed by atoms with van der Waals surface area (Å²) in [5, 5.41) is 28.3. The van der Waals surface area contributed by atoms with Crippen LogP contribution in [0, 0.1) is 22.7 Å². The van der Waals surface area contributed by atoms with Crippen LogP contribution in [-0.4, -0.2) is 28.9 Å². The number of carbonyl (C=O) groups excluding carboxylic acids is 1. The van der Waals surface area contributed by atoms with E-state index in [1.54, 1.807) is 11.0 Å². The molecule has 0 saturated heterocycles. The summed E-state index contributed by atoms with van der Waals surface area (Å²) < 4.78 is 5.87. The fourth-order valence-electron chi connectivity index (χ4n) is 3.59. The minimum atomic E-state index is -0.277. The zero-order valence-electron chi connectivity index (χ0n) is 17.2. The maximum absolute atomic E-state index is 12.9. The lowest BCUT2D eigenvalue weighted by molar-refractivity contribution is 0.101. The van der Waals surface area contributed by atoms with E-state index < -0.39 is 0 Å². The van der Waals surface area contributed by atoms with Crippen molar-refractivity contribution >= 4 is 11.9 Å². The third-order valence-corrected chi connectivity index (χ3v) is 5.20. The first-order valence-corrected chi connectivity index (χ1v) is 10.0. The lowest BCUT2D eigenvalue weighted by atomic mass is 10.0. The molecule has 1 heterocycles. The monoisotopic (exact) mass is 421 g/mol. The van der Waals surface area contributed by atoms with Gasteiger partial charge in [-0.15, -0.1) is 0 Å². The summed E-state index contributed by atoms with van der Waals surface area (Å²) in [6.07, 6.45) is 1.67. The van der Waals surface area contributed by atoms with Gasteiger partial charge in [-0.1, -0.05) is 54.6 Å². The Morgan fingerprint density at radius 2 is 1.56 bits per heavy atom. The third-order valence-electron chi connectivity index (χ3n) is 5.20. The molecule has 6 nitrogen and oxygen atoms in total. The summed E-state index contributed by atoms with van der Waals surface area (Å²) in [6, 6.07) is 24.7. The second kappa shape index (κ2) is 9.18. The van der Waals surface area contributed by atoms with Crippen LogP contribution in [0.25, 0.3) is 17.2 Å². The van der Waals surface area contributed by atoms with Crippen LogP contribution in [0.3, 0.4) is 0 Å². The molecule has 3 aromatic carbocycles. The standard InChI is InChI=1S/C26H19N3O3/c27-12-14-29(15-13-28)17-22-23(30)11-10-21-25(31)24(32-26(21)22)16-18-6-8-20(9-7-18)19-4-2-1-3-5-19/h1-11,16,30H,14-15,17H2. The van der Waals surface area contributed by atoms with Gasteiger partial charge in [-0.2, -0.15) is 10.5 Å². The molecule has 3 aromatic rings. The molecule has 0 aliphatic carbocycles. The minimum absolute atomic E-state index is 0.0150. The number of ether oxygens (including phenoxy) is 1. The molecule has 1 aliphatic heterocycles. The van der Waals surface area contributed by atoms with Crippen LogP contribution in [0.4, 0.5) is 0 Å². The molecule has 1 N–H and O–H groups in total. The first kappa shape index (κ1) is 20.9. The van der Waals surface area contributed by atoms with Gasteiger partial charge in [0, 0.05) is 6.54 Å². The third kappa shape index (κ3) is 4.22. The highest BCUT2D eigenvalue weighted by Gasteiger charge is 2.31. The van der Waals surface area contributed by atoms with Gasteiger partial charge in [0.15, 0.2) is 5.76 Å². The van der Waals surface area contributed by atoms with Crippen LogP contribution in [0.1, 0.15) is 21.5 Å². The maximum atomic E-state index is 12.9. The van der Waals surface area contributed by atoms with Crippen LogP contribution in [0.2, 0.25) is 0 Å². The molecular formula is C26H19N3O3. The Bertz CT molecular complexity index is 1250. The summed E-state index contributed by atoms with van der Waals surface area (Å²) in [6.45, 7) is 0.143. The average Bonchev–Trinajstić information content (AvgIpc) is 3.12. The van der Waals surface area contributed by atoms with Gasteiger partial charge >= 0.3 is 0 Å². The number of rotatable bonds is 6. The van der Waals surface area contributed by atoms with Gasteiger partial charge in [0.2, 0.25) is 5.78 Å². The summed E-state index contributed by atoms with van der Waals surface area (Å²) >= 11 is 0. The van der Waals surface area contributed by atoms with Crippen molar-refractivity contribution in [1.29, 1.82) is 10.5 Å². The molecular weight excluding hydrogens is 402 g/mol. The van der Waals surface area contributed by atoms with Crippen molar-refractivity contribution in [3.05, 3.63) is 89.2 Å². The van der Waals surface area contributed by atoms with Gasteiger partial charge in [-0.05, 0) is 34.9 Å². The van der Waals surface area contributed by atoms with Crippen molar-refractivity contribution in [1.82, 2.24) is 4.90 Å². The van der Waals surface area contributed by atoms with E-state index in [-0.39, 0.29) is 42.7 Å². The fourth-order valence-corrected chi connectivity index (χ4v) is 3.59. The van der Waals surface area contributed by atoms with Gasteiger partial charge in [0.25, 0.3) is 0 Å². The van der Waals surface area contributed by atoms with Gasteiger partial charge in [-0.25, -0.2) is 0 Å². The Morgan fingerprint density at radius 3 is 2.22 bits per heavy atom. The quantitative estimate of drug-likeness (QED) is 0.464. The van der Waals surface area contributed by atoms with Crippen LogP contribution in [0.15, 0.2) is 72.5 Å². The first-order chi connectivity index (χ1) is 15.6. The van der Waals surface area contributed by atoms with Crippen molar-refractivity contribution in [3.8, 4) is 34.8 Å². The number of fused-ring (bicyclic) bond motifs is 1. The second-order valence-corrected chi connectivity index (χ2v) is 7.33. The Hall–Kier alpha value is -4.39. The highest BCUT2D eigenvalue weighted by atomic mass is 16.5. The van der Waals surface area contributed by atoms with Crippen LogP contribution < -0.4 is 4.74 Å². The van der Waals surface area contributed by atoms with Crippen LogP contribution in [-0.2, 0) is 6.54 Å². The Labute approximate surface area is 185 Å². The highest BCUT2D eigenvalue weighted by Crippen LogP contribution is 2.40. The molecule has 0 bridgehead atoms. The van der Waals surface area contributed by atoms with Crippen LogP contribution in [0.5, 0.6) is 11.5 Å². The van der Waals surface area contributed by atoms with E-state index in [0.717, 1.165) is 16.7 Å². The van der Waals surface area contributed by atoms with E-state index in [4.69, 9.17) is 15.3 Å². The minimum Gasteiger partial charge on any atom is -0.507 e. The summed E-state index contributed by atoms with van der Waals surface area (Å²) in [5.41, 5.74) is 3.70. The highest BCUT2D eigenvalue weighted by molar-refractivity contribution is 6.15. The predicted octanol–water partition coefficient (Wildman–Crippen LogP) is 4.52. The molecule has 0 atom stereocenters. The molecule has 0 aromatic heterocycles. The van der Waals surface area contributed by atoms with E-state index in [2.05, 4.69) is 0 Å². The van der Waals surface area contributed by atoms with E-state index >= 15 is 0 Å². The number of Topliss-reactive ketones (excluding diaryl/α,β-unsaturated/α-hetero) is 1. The molecule has 0 fully saturated rings. The summed E-state index contributed by atoms with van der Waals surface area (Å²) in [4.78, 5) is 14.5. The number of phenols is 1. The number of ketones is 1. The average molecular weight is 421 g/mol. The summed E-state index contributed by atoms with van der Waals surface area (Å²) in [7, 11) is 0. The molecule has 0 radical (unpaired) electrons. The Balaban J connectivity index is 1.61. The van der Waals surface area contributed by atoms with E-state index in [9.17, 15) is 9.90 Å². The van der Waals surface area contributed by atoms with Crippen molar-refractivity contribution in [2.24, 2.45) is 0 Å². The van der Waals surface area contributed by atoms with Crippen molar-refractivity contribution in [2.75, 3.05) is 13.1 Å². The molecule has 0 amide bonds. The van der Waals surface area contributed by atoms with Gasteiger partial charge in [-0.3, -0.25) is 9.69 Å². The number of aromatic hydroxyl groups is 1. The number of allylic oxidation sites excluding steroid dienone is 1. The second-order valence-electron chi connectivity index (χ2n) is 7.33.